The van der Waals surface area contributed by atoms with Crippen LogP contribution >= 0.6 is 0 Å². The number of likely N-dealkylation sites (N-methyl/N-ethyl adjacent to an activating group) is 1. The Kier molecular flexibility index (Phi) is 6.74. The van der Waals surface area contributed by atoms with Gasteiger partial charge in [-0.25, -0.2) is 0 Å². The summed E-state index contributed by atoms with van der Waals surface area (Å²) in [5.41, 5.74) is 1.85. The molecular formula is C21H33N5O. The second-order valence-electron chi connectivity index (χ2n) is 7.33. The highest BCUT2D eigenvalue weighted by Gasteiger charge is 2.17. The molecule has 6 heteroatoms. The van der Waals surface area contributed by atoms with Gasteiger partial charge in [-0.2, -0.15) is 0 Å². The lowest BCUT2D eigenvalue weighted by atomic mass is 10.2. The molecule has 0 aliphatic carbocycles. The lowest BCUT2D eigenvalue weighted by Crippen LogP contribution is -2.44. The van der Waals surface area contributed by atoms with Crippen LogP contribution in [0.2, 0.25) is 0 Å². The zero-order valence-corrected chi connectivity index (χ0v) is 16.9. The summed E-state index contributed by atoms with van der Waals surface area (Å²) in [6, 6.07) is 8.24. The summed E-state index contributed by atoms with van der Waals surface area (Å²) in [6.45, 7) is 12.4. The summed E-state index contributed by atoms with van der Waals surface area (Å²) in [7, 11) is 2.16. The minimum absolute atomic E-state index is 0.00877. The van der Waals surface area contributed by atoms with Crippen LogP contribution in [-0.2, 0) is 0 Å². The minimum atomic E-state index is 0.00877. The molecule has 0 spiro atoms. The van der Waals surface area contributed by atoms with Crippen LogP contribution in [0.5, 0.6) is 0 Å². The number of nitrogens with one attached hydrogen (secondary N) is 1. The smallest absolute Gasteiger partial charge is 0.252 e. The van der Waals surface area contributed by atoms with E-state index in [9.17, 15) is 4.79 Å². The van der Waals surface area contributed by atoms with Crippen molar-refractivity contribution >= 4 is 17.2 Å². The number of piperazine rings is 1. The second-order valence-corrected chi connectivity index (χ2v) is 7.33. The van der Waals surface area contributed by atoms with Crippen LogP contribution in [0, 0.1) is 0 Å². The van der Waals surface area contributed by atoms with Gasteiger partial charge in [-0.3, -0.25) is 4.79 Å². The highest BCUT2D eigenvalue weighted by atomic mass is 16.1. The summed E-state index contributed by atoms with van der Waals surface area (Å²) in [6.07, 6.45) is 2.95. The van der Waals surface area contributed by atoms with E-state index in [1.54, 1.807) is 0 Å². The van der Waals surface area contributed by atoms with Gasteiger partial charge in [-0.1, -0.05) is 13.8 Å². The monoisotopic (exact) mass is 371 g/mol. The van der Waals surface area contributed by atoms with Gasteiger partial charge >= 0.3 is 0 Å². The molecule has 148 valence electrons. The largest absolute Gasteiger partial charge is 0.355 e. The molecule has 2 aromatic heterocycles. The number of amides is 1. The fourth-order valence-corrected chi connectivity index (χ4v) is 3.66. The Morgan fingerprint density at radius 1 is 1.07 bits per heavy atom. The van der Waals surface area contributed by atoms with Crippen molar-refractivity contribution in [2.45, 2.75) is 20.3 Å². The summed E-state index contributed by atoms with van der Waals surface area (Å²) in [5, 5.41) is 3.06. The maximum atomic E-state index is 12.6. The van der Waals surface area contributed by atoms with E-state index < -0.39 is 0 Å². The van der Waals surface area contributed by atoms with Gasteiger partial charge in [0, 0.05) is 44.4 Å². The molecule has 1 aliphatic rings. The van der Waals surface area contributed by atoms with E-state index >= 15 is 0 Å². The number of rotatable bonds is 8. The van der Waals surface area contributed by atoms with E-state index in [2.05, 4.69) is 57.4 Å². The molecular weight excluding hydrogens is 338 g/mol. The van der Waals surface area contributed by atoms with Gasteiger partial charge in [0.05, 0.1) is 5.56 Å². The summed E-state index contributed by atoms with van der Waals surface area (Å²) in [4.78, 5) is 19.7. The van der Waals surface area contributed by atoms with E-state index in [-0.39, 0.29) is 5.91 Å². The van der Waals surface area contributed by atoms with Gasteiger partial charge in [0.15, 0.2) is 0 Å². The number of hydrogen-bond donors (Lipinski definition) is 1. The standard InChI is InChI=1S/C21H33N5O/c1-4-24(5-2)12-6-11-22-21(27)18-7-8-19-9-10-20(26(19)17-18)25-15-13-23(3)14-16-25/h7-10,17H,4-6,11-16H2,1-3H3,(H,22,27). The lowest BCUT2D eigenvalue weighted by molar-refractivity contribution is 0.0951. The van der Waals surface area contributed by atoms with Gasteiger partial charge in [-0.15, -0.1) is 0 Å². The Bertz CT molecular complexity index is 744. The van der Waals surface area contributed by atoms with Crippen molar-refractivity contribution in [1.29, 1.82) is 0 Å². The van der Waals surface area contributed by atoms with Crippen molar-refractivity contribution in [3.63, 3.8) is 0 Å². The fourth-order valence-electron chi connectivity index (χ4n) is 3.66. The van der Waals surface area contributed by atoms with Crippen LogP contribution in [-0.4, -0.2) is 79.5 Å². The maximum absolute atomic E-state index is 12.6. The van der Waals surface area contributed by atoms with Crippen molar-refractivity contribution in [1.82, 2.24) is 19.5 Å². The van der Waals surface area contributed by atoms with E-state index in [1.165, 1.54) is 5.82 Å². The molecule has 0 atom stereocenters. The molecule has 0 aromatic carbocycles. The summed E-state index contributed by atoms with van der Waals surface area (Å²) < 4.78 is 2.15. The molecule has 1 aliphatic heterocycles. The number of carbonyl (C=O) groups excluding carboxylic acids is 1. The first kappa shape index (κ1) is 19.7. The van der Waals surface area contributed by atoms with Crippen LogP contribution in [0.1, 0.15) is 30.6 Å². The van der Waals surface area contributed by atoms with Gasteiger partial charge in [0.2, 0.25) is 0 Å². The van der Waals surface area contributed by atoms with Crippen molar-refractivity contribution in [3.05, 3.63) is 36.0 Å². The van der Waals surface area contributed by atoms with Crippen LogP contribution < -0.4 is 10.2 Å². The van der Waals surface area contributed by atoms with Gasteiger partial charge in [0.25, 0.3) is 5.91 Å². The molecule has 27 heavy (non-hydrogen) atoms. The number of hydrogen-bond acceptors (Lipinski definition) is 4. The number of pyridine rings is 1. The molecule has 0 unspecified atom stereocenters. The topological polar surface area (TPSA) is 43.2 Å². The van der Waals surface area contributed by atoms with Crippen molar-refractivity contribution in [3.8, 4) is 0 Å². The van der Waals surface area contributed by atoms with Crippen LogP contribution in [0.15, 0.2) is 30.5 Å². The highest BCUT2D eigenvalue weighted by Crippen LogP contribution is 2.21. The maximum Gasteiger partial charge on any atom is 0.252 e. The molecule has 3 heterocycles. The van der Waals surface area contributed by atoms with E-state index in [4.69, 9.17) is 0 Å². The molecule has 1 fully saturated rings. The van der Waals surface area contributed by atoms with Crippen molar-refractivity contribution in [2.75, 3.05) is 64.3 Å². The number of fused-ring (bicyclic) bond motifs is 1. The van der Waals surface area contributed by atoms with E-state index in [0.29, 0.717) is 6.54 Å². The van der Waals surface area contributed by atoms with E-state index in [1.807, 2.05) is 18.3 Å². The minimum Gasteiger partial charge on any atom is -0.355 e. The van der Waals surface area contributed by atoms with Gasteiger partial charge in [-0.05, 0) is 57.4 Å². The average molecular weight is 372 g/mol. The van der Waals surface area contributed by atoms with Crippen LogP contribution in [0.3, 0.4) is 0 Å². The Hall–Kier alpha value is -2.05. The van der Waals surface area contributed by atoms with Crippen molar-refractivity contribution in [2.24, 2.45) is 0 Å². The predicted octanol–water partition coefficient (Wildman–Crippen LogP) is 2.15. The molecule has 1 saturated heterocycles. The first-order valence-corrected chi connectivity index (χ1v) is 10.2. The Balaban J connectivity index is 1.63. The molecule has 2 aromatic rings. The lowest BCUT2D eigenvalue weighted by Gasteiger charge is -2.33. The zero-order valence-electron chi connectivity index (χ0n) is 16.9. The summed E-state index contributed by atoms with van der Waals surface area (Å²) in [5.74, 6) is 1.18. The fraction of sp³-hybridized carbons (Fsp3) is 0.571. The molecule has 3 rings (SSSR count). The second kappa shape index (κ2) is 9.24. The van der Waals surface area contributed by atoms with Crippen LogP contribution in [0.4, 0.5) is 5.82 Å². The van der Waals surface area contributed by atoms with Gasteiger partial charge < -0.3 is 24.4 Å². The third-order valence-corrected chi connectivity index (χ3v) is 5.55. The Labute approximate surface area is 162 Å². The number of nitrogens with zero attached hydrogens (tertiary/aromatic N) is 4. The molecule has 1 amide bonds. The molecule has 1 N–H and O–H groups in total. The summed E-state index contributed by atoms with van der Waals surface area (Å²) >= 11 is 0. The molecule has 0 radical (unpaired) electrons. The Morgan fingerprint density at radius 2 is 1.78 bits per heavy atom. The normalized spacial score (nSPS) is 15.6. The van der Waals surface area contributed by atoms with Gasteiger partial charge in [0.1, 0.15) is 5.82 Å². The highest BCUT2D eigenvalue weighted by molar-refractivity contribution is 5.94. The number of aromatic nitrogens is 1. The SMILES string of the molecule is CCN(CC)CCCNC(=O)c1ccc2ccc(N3CCN(C)CC3)n2c1. The van der Waals surface area contributed by atoms with E-state index in [0.717, 1.165) is 63.3 Å². The third-order valence-electron chi connectivity index (χ3n) is 5.55. The molecule has 6 nitrogen and oxygen atoms in total. The molecule has 0 bridgehead atoms. The number of anilines is 1. The predicted molar refractivity (Wildman–Crippen MR) is 112 cm³/mol. The molecule has 0 saturated carbocycles. The van der Waals surface area contributed by atoms with Crippen LogP contribution in [0.25, 0.3) is 5.52 Å². The zero-order chi connectivity index (χ0) is 19.2. The quantitative estimate of drug-likeness (QED) is 0.722. The number of carbonyl (C=O) groups is 1. The first-order chi connectivity index (χ1) is 13.1. The first-order valence-electron chi connectivity index (χ1n) is 10.2. The third kappa shape index (κ3) is 4.82. The van der Waals surface area contributed by atoms with Crippen molar-refractivity contribution < 1.29 is 4.79 Å². The Morgan fingerprint density at radius 3 is 2.48 bits per heavy atom. The average Bonchev–Trinajstić information content (AvgIpc) is 3.12.